The lowest BCUT2D eigenvalue weighted by Crippen LogP contribution is -3.00. The maximum absolute atomic E-state index is 11.1. The molecule has 28 heavy (non-hydrogen) atoms. The lowest BCUT2D eigenvalue weighted by atomic mass is 10.0. The first kappa shape index (κ1) is 21.1. The van der Waals surface area contributed by atoms with E-state index in [1.807, 2.05) is 39.3 Å². The Morgan fingerprint density at radius 2 is 1.71 bits per heavy atom. The average Bonchev–Trinajstić information content (AvgIpc) is 2.60. The summed E-state index contributed by atoms with van der Waals surface area (Å²) >= 11 is 0. The Hall–Kier alpha value is -3.23. The van der Waals surface area contributed by atoms with Gasteiger partial charge in [0.25, 0.3) is 5.69 Å². The van der Waals surface area contributed by atoms with Crippen molar-refractivity contribution in [2.24, 2.45) is 10.2 Å². The summed E-state index contributed by atoms with van der Waals surface area (Å²) in [6, 6.07) is 13.3. The maximum atomic E-state index is 11.1. The number of nitrogens with zero attached hydrogens (tertiary/aromatic N) is 4. The topological polar surface area (TPSA) is 114 Å². The van der Waals surface area contributed by atoms with Gasteiger partial charge in [-0.1, -0.05) is 24.3 Å². The van der Waals surface area contributed by atoms with Crippen molar-refractivity contribution in [2.45, 2.75) is 0 Å². The molecule has 3 rings (SSSR count). The van der Waals surface area contributed by atoms with Crippen molar-refractivity contribution in [1.29, 1.82) is 0 Å². The largest absolute Gasteiger partial charge is 1.00 e. The third kappa shape index (κ3) is 3.88. The molecule has 0 spiro atoms. The van der Waals surface area contributed by atoms with Crippen LogP contribution in [0.3, 0.4) is 0 Å². The van der Waals surface area contributed by atoms with Crippen molar-refractivity contribution >= 4 is 39.2 Å². The van der Waals surface area contributed by atoms with E-state index < -0.39 is 4.92 Å². The van der Waals surface area contributed by atoms with Gasteiger partial charge in [-0.3, -0.25) is 14.6 Å². The molecule has 0 heterocycles. The van der Waals surface area contributed by atoms with Crippen molar-refractivity contribution < 1.29 is 22.4 Å². The molecule has 0 radical (unpaired) electrons. The monoisotopic (exact) mass is 401 g/mol. The molecule has 0 aromatic heterocycles. The number of quaternary nitrogens is 1. The van der Waals surface area contributed by atoms with E-state index in [4.69, 9.17) is 5.73 Å². The fourth-order valence-corrected chi connectivity index (χ4v) is 2.91. The van der Waals surface area contributed by atoms with E-state index in [-0.39, 0.29) is 40.9 Å². The number of phenols is 1. The zero-order valence-corrected chi connectivity index (χ0v) is 16.4. The minimum atomic E-state index is -0.536. The Morgan fingerprint density at radius 3 is 2.36 bits per heavy atom. The molecule has 0 saturated heterocycles. The van der Waals surface area contributed by atoms with Crippen molar-refractivity contribution in [2.75, 3.05) is 26.9 Å². The fraction of sp³-hybridized carbons (Fsp3) is 0.158. The van der Waals surface area contributed by atoms with Crippen LogP contribution in [0.2, 0.25) is 0 Å². The minimum Gasteiger partial charge on any atom is -1.00 e. The summed E-state index contributed by atoms with van der Waals surface area (Å²) in [5, 5.41) is 31.0. The number of para-hydroxylation sites is 1. The Kier molecular flexibility index (Phi) is 5.86. The Morgan fingerprint density at radius 1 is 1.04 bits per heavy atom. The van der Waals surface area contributed by atoms with Crippen LogP contribution in [0.15, 0.2) is 58.8 Å². The van der Waals surface area contributed by atoms with Crippen LogP contribution in [0.25, 0.3) is 10.8 Å². The molecule has 0 aliphatic heterocycles. The number of nitrogen functional groups attached to an aromatic ring is 1. The lowest BCUT2D eigenvalue weighted by Gasteiger charge is -2.25. The quantitative estimate of drug-likeness (QED) is 0.227. The normalized spacial score (nSPS) is 11.5. The van der Waals surface area contributed by atoms with Gasteiger partial charge in [0.15, 0.2) is 11.4 Å². The highest BCUT2D eigenvalue weighted by Gasteiger charge is 2.20. The average molecular weight is 402 g/mol. The second kappa shape index (κ2) is 7.79. The molecule has 8 nitrogen and oxygen atoms in total. The molecular weight excluding hydrogens is 382 g/mol. The van der Waals surface area contributed by atoms with Gasteiger partial charge in [0.2, 0.25) is 0 Å². The molecule has 146 valence electrons. The van der Waals surface area contributed by atoms with Gasteiger partial charge in [-0.2, -0.15) is 0 Å². The number of phenolic OH excluding ortho intramolecular Hbond substituents is 1. The van der Waals surface area contributed by atoms with Crippen LogP contribution in [0.4, 0.5) is 28.4 Å². The first-order valence-corrected chi connectivity index (χ1v) is 8.21. The van der Waals surface area contributed by atoms with E-state index in [0.717, 1.165) is 16.5 Å². The molecule has 3 N–H and O–H groups in total. The molecule has 0 saturated carbocycles. The van der Waals surface area contributed by atoms with Crippen LogP contribution in [0.1, 0.15) is 0 Å². The Balaban J connectivity index is 0.00000280. The second-order valence-corrected chi connectivity index (χ2v) is 6.99. The van der Waals surface area contributed by atoms with E-state index in [9.17, 15) is 15.2 Å². The molecule has 3 aromatic carbocycles. The van der Waals surface area contributed by atoms with Gasteiger partial charge in [-0.25, -0.2) is 0 Å². The predicted molar refractivity (Wildman–Crippen MR) is 107 cm³/mol. The van der Waals surface area contributed by atoms with Gasteiger partial charge in [-0.15, -0.1) is 10.2 Å². The fourth-order valence-electron chi connectivity index (χ4n) is 2.91. The van der Waals surface area contributed by atoms with E-state index in [0.29, 0.717) is 4.48 Å². The standard InChI is InChI=1S/C19H19N5O3.ClH/c1-24(2,3)16-10-6-7-12-13(16)11-17(25)19(18(12)20)22-21-14-8-4-5-9-15(14)23(26)27;/h4-11H,1-3H3,(H2-,20,21,25);1H. The molecule has 0 aliphatic rings. The lowest BCUT2D eigenvalue weighted by molar-refractivity contribution is -0.384. The van der Waals surface area contributed by atoms with Crippen molar-refractivity contribution in [3.63, 3.8) is 0 Å². The number of nitro benzene ring substituents is 1. The molecule has 9 heteroatoms. The molecule has 0 bridgehead atoms. The number of nitrogens with two attached hydrogens (primary N) is 1. The van der Waals surface area contributed by atoms with Crippen molar-refractivity contribution in [3.05, 3.63) is 58.6 Å². The number of hydrogen-bond donors (Lipinski definition) is 2. The smallest absolute Gasteiger partial charge is 0.296 e. The number of hydrogen-bond acceptors (Lipinski definition) is 6. The minimum absolute atomic E-state index is 0. The summed E-state index contributed by atoms with van der Waals surface area (Å²) in [5.41, 5.74) is 7.48. The van der Waals surface area contributed by atoms with E-state index in [1.54, 1.807) is 18.2 Å². The zero-order valence-electron chi connectivity index (χ0n) is 15.6. The van der Waals surface area contributed by atoms with Crippen LogP contribution in [0, 0.1) is 10.1 Å². The zero-order chi connectivity index (χ0) is 19.8. The molecule has 0 aliphatic carbocycles. The molecule has 0 fully saturated rings. The molecule has 3 aromatic rings. The van der Waals surface area contributed by atoms with Gasteiger partial charge >= 0.3 is 0 Å². The highest BCUT2D eigenvalue weighted by molar-refractivity contribution is 6.05. The third-order valence-corrected chi connectivity index (χ3v) is 4.21. The summed E-state index contributed by atoms with van der Waals surface area (Å²) in [6.45, 7) is 0. The van der Waals surface area contributed by atoms with Crippen LogP contribution in [0.5, 0.6) is 5.75 Å². The highest BCUT2D eigenvalue weighted by Crippen LogP contribution is 2.43. The molecule has 0 amide bonds. The molecular formula is C19H20ClN5O3. The number of rotatable bonds is 4. The van der Waals surface area contributed by atoms with Gasteiger partial charge in [0.1, 0.15) is 11.4 Å². The number of aromatic hydroxyl groups is 1. The first-order valence-electron chi connectivity index (χ1n) is 8.21. The first-order chi connectivity index (χ1) is 12.7. The summed E-state index contributed by atoms with van der Waals surface area (Å²) in [7, 11) is 6.05. The van der Waals surface area contributed by atoms with Gasteiger partial charge < -0.3 is 23.2 Å². The maximum Gasteiger partial charge on any atom is 0.296 e. The van der Waals surface area contributed by atoms with E-state index in [2.05, 4.69) is 10.2 Å². The third-order valence-electron chi connectivity index (χ3n) is 4.21. The van der Waals surface area contributed by atoms with Gasteiger partial charge in [-0.05, 0) is 18.2 Å². The number of nitro groups is 1. The summed E-state index contributed by atoms with van der Waals surface area (Å²) in [4.78, 5) is 10.6. The van der Waals surface area contributed by atoms with Crippen LogP contribution < -0.4 is 22.6 Å². The summed E-state index contributed by atoms with van der Waals surface area (Å²) in [5.74, 6) is -0.136. The summed E-state index contributed by atoms with van der Waals surface area (Å²) < 4.78 is 0.549. The van der Waals surface area contributed by atoms with E-state index in [1.165, 1.54) is 12.1 Å². The van der Waals surface area contributed by atoms with E-state index >= 15 is 0 Å². The van der Waals surface area contributed by atoms with Gasteiger partial charge in [0, 0.05) is 16.8 Å². The van der Waals surface area contributed by atoms with Gasteiger partial charge in [0.05, 0.1) is 31.8 Å². The number of fused-ring (bicyclic) bond motifs is 1. The summed E-state index contributed by atoms with van der Waals surface area (Å²) in [6.07, 6.45) is 0. The number of benzene rings is 3. The molecule has 0 atom stereocenters. The second-order valence-electron chi connectivity index (χ2n) is 6.99. The Bertz CT molecular complexity index is 1080. The van der Waals surface area contributed by atoms with Crippen LogP contribution in [-0.4, -0.2) is 31.2 Å². The highest BCUT2D eigenvalue weighted by atomic mass is 35.5. The number of halogens is 1. The van der Waals surface area contributed by atoms with Crippen molar-refractivity contribution in [1.82, 2.24) is 4.48 Å². The molecule has 0 unspecified atom stereocenters. The predicted octanol–water partition coefficient (Wildman–Crippen LogP) is 1.65. The number of azo groups is 1. The Labute approximate surface area is 168 Å². The van der Waals surface area contributed by atoms with Crippen LogP contribution >= 0.6 is 0 Å². The SMILES string of the molecule is C[N+](C)(C)c1cccc2c(N)c(N=Nc3ccccc3[N+](=O)[O-])c(O)cc12.[Cl-]. The van der Waals surface area contributed by atoms with Crippen molar-refractivity contribution in [3.8, 4) is 5.75 Å². The van der Waals surface area contributed by atoms with Crippen LogP contribution in [-0.2, 0) is 0 Å². The number of anilines is 1.